The summed E-state index contributed by atoms with van der Waals surface area (Å²) in [4.78, 5) is 35.2. The van der Waals surface area contributed by atoms with Crippen molar-refractivity contribution in [3.8, 4) is 23.0 Å². The van der Waals surface area contributed by atoms with Crippen LogP contribution in [-0.2, 0) is 16.0 Å². The predicted octanol–water partition coefficient (Wildman–Crippen LogP) is 3.59. The molecule has 0 heterocycles. The number of aromatic carboxylic acids is 1. The van der Waals surface area contributed by atoms with Crippen molar-refractivity contribution < 1.29 is 24.2 Å². The van der Waals surface area contributed by atoms with Crippen LogP contribution >= 0.6 is 0 Å². The second-order valence-corrected chi connectivity index (χ2v) is 7.95. The number of carbonyl (C=O) groups excluding carboxylic acids is 2. The molecular weight excluding hydrogens is 444 g/mol. The summed E-state index contributed by atoms with van der Waals surface area (Å²) in [7, 11) is 0. The summed E-state index contributed by atoms with van der Waals surface area (Å²) in [6.45, 7) is 0.412. The molecule has 0 saturated carbocycles. The van der Waals surface area contributed by atoms with Gasteiger partial charge < -0.3 is 20.5 Å². The normalized spacial score (nSPS) is 11.4. The van der Waals surface area contributed by atoms with Crippen molar-refractivity contribution in [2.45, 2.75) is 12.3 Å². The van der Waals surface area contributed by atoms with Gasteiger partial charge in [0.25, 0.3) is 5.91 Å². The van der Waals surface area contributed by atoms with Gasteiger partial charge in [-0.3, -0.25) is 4.79 Å². The Morgan fingerprint density at radius 3 is 2.17 bits per heavy atom. The molecule has 7 nitrogen and oxygen atoms in total. The minimum Gasteiger partial charge on any atom is -0.478 e. The molecule has 0 bridgehead atoms. The number of nitrogens with one attached hydrogen (secondary N) is 2. The zero-order valence-electron chi connectivity index (χ0n) is 18.9. The quantitative estimate of drug-likeness (QED) is 0.460. The smallest absolute Gasteiger partial charge is 0.407 e. The molecule has 0 saturated heterocycles. The average Bonchev–Trinajstić information content (AvgIpc) is 3.19. The van der Waals surface area contributed by atoms with Crippen LogP contribution < -0.4 is 10.6 Å². The van der Waals surface area contributed by atoms with Gasteiger partial charge in [-0.1, -0.05) is 72.7 Å². The molecule has 7 heteroatoms. The predicted molar refractivity (Wildman–Crippen MR) is 131 cm³/mol. The molecule has 0 radical (unpaired) electrons. The number of carboxylic acid groups (broad SMARTS) is 1. The molecule has 0 atom stereocenters. The summed E-state index contributed by atoms with van der Waals surface area (Å²) in [5, 5.41) is 14.3. The fourth-order valence-electron chi connectivity index (χ4n) is 4.19. The first kappa shape index (κ1) is 23.6. The molecular formula is C28H24N2O5. The van der Waals surface area contributed by atoms with E-state index in [-0.39, 0.29) is 31.2 Å². The van der Waals surface area contributed by atoms with E-state index in [0.29, 0.717) is 12.0 Å². The van der Waals surface area contributed by atoms with Crippen LogP contribution in [-0.4, -0.2) is 42.8 Å². The number of ether oxygens (including phenoxy) is 1. The Hall–Kier alpha value is -4.57. The Labute approximate surface area is 203 Å². The van der Waals surface area contributed by atoms with Gasteiger partial charge in [0.2, 0.25) is 0 Å². The van der Waals surface area contributed by atoms with E-state index in [1.165, 1.54) is 6.07 Å². The van der Waals surface area contributed by atoms with Crippen LogP contribution in [0.3, 0.4) is 0 Å². The number of fused-ring (bicyclic) bond motifs is 3. The molecule has 1 aliphatic rings. The minimum absolute atomic E-state index is 0.0312. The number of carboxylic acids is 1. The van der Waals surface area contributed by atoms with Crippen molar-refractivity contribution >= 4 is 18.0 Å². The third kappa shape index (κ3) is 5.68. The molecule has 0 unspecified atom stereocenters. The minimum atomic E-state index is -1.01. The summed E-state index contributed by atoms with van der Waals surface area (Å²) in [5.41, 5.74) is 5.40. The fourth-order valence-corrected chi connectivity index (χ4v) is 4.19. The molecule has 176 valence electrons. The van der Waals surface area contributed by atoms with Crippen molar-refractivity contribution in [2.24, 2.45) is 0 Å². The molecule has 3 aromatic carbocycles. The van der Waals surface area contributed by atoms with E-state index < -0.39 is 18.0 Å². The maximum Gasteiger partial charge on any atom is 0.407 e. The SMILES string of the molecule is O=C(C#CCNC(=O)OCC1c2ccccc2-c2ccccc21)NCCc1ccccc1C(=O)O. The highest BCUT2D eigenvalue weighted by atomic mass is 16.5. The van der Waals surface area contributed by atoms with Gasteiger partial charge in [-0.15, -0.1) is 0 Å². The topological polar surface area (TPSA) is 105 Å². The Morgan fingerprint density at radius 2 is 1.49 bits per heavy atom. The van der Waals surface area contributed by atoms with Gasteiger partial charge in [0, 0.05) is 12.5 Å². The van der Waals surface area contributed by atoms with Crippen LogP contribution in [0.15, 0.2) is 72.8 Å². The number of carbonyl (C=O) groups is 3. The van der Waals surface area contributed by atoms with E-state index in [2.05, 4.69) is 34.6 Å². The van der Waals surface area contributed by atoms with Crippen LogP contribution in [0.1, 0.15) is 33.0 Å². The number of hydrogen-bond acceptors (Lipinski definition) is 4. The molecule has 2 amide bonds. The van der Waals surface area contributed by atoms with Crippen molar-refractivity contribution in [3.05, 3.63) is 95.1 Å². The molecule has 3 N–H and O–H groups in total. The summed E-state index contributed by atoms with van der Waals surface area (Å²) >= 11 is 0. The molecule has 35 heavy (non-hydrogen) atoms. The Balaban J connectivity index is 1.21. The van der Waals surface area contributed by atoms with E-state index in [1.54, 1.807) is 18.2 Å². The number of benzene rings is 3. The van der Waals surface area contributed by atoms with Crippen LogP contribution in [0, 0.1) is 11.8 Å². The number of amides is 2. The van der Waals surface area contributed by atoms with E-state index in [4.69, 9.17) is 4.74 Å². The molecule has 0 fully saturated rings. The highest BCUT2D eigenvalue weighted by Crippen LogP contribution is 2.44. The lowest BCUT2D eigenvalue weighted by Crippen LogP contribution is -2.27. The second kappa shape index (κ2) is 11.0. The van der Waals surface area contributed by atoms with E-state index >= 15 is 0 Å². The fraction of sp³-hybridized carbons (Fsp3) is 0.179. The monoisotopic (exact) mass is 468 g/mol. The third-order valence-corrected chi connectivity index (χ3v) is 5.79. The van der Waals surface area contributed by atoms with Crippen LogP contribution in [0.25, 0.3) is 11.1 Å². The lowest BCUT2D eigenvalue weighted by atomic mass is 9.98. The van der Waals surface area contributed by atoms with Gasteiger partial charge in [-0.05, 0) is 46.2 Å². The first-order valence-electron chi connectivity index (χ1n) is 11.2. The number of hydrogen-bond donors (Lipinski definition) is 3. The highest BCUT2D eigenvalue weighted by molar-refractivity contribution is 5.93. The van der Waals surface area contributed by atoms with Crippen molar-refractivity contribution in [2.75, 3.05) is 19.7 Å². The zero-order chi connectivity index (χ0) is 24.6. The standard InChI is InChI=1S/C28H24N2O5/c31-26(29-17-15-19-8-1-2-9-20(19)27(32)33)14-7-16-30-28(34)35-18-25-23-12-5-3-10-21(23)22-11-4-6-13-24(22)25/h1-6,8-13,25H,15-18H2,(H,29,31)(H,30,34)(H,32,33). The lowest BCUT2D eigenvalue weighted by molar-refractivity contribution is -0.115. The van der Waals surface area contributed by atoms with Gasteiger partial charge in [0.1, 0.15) is 6.61 Å². The maximum absolute atomic E-state index is 12.1. The Bertz CT molecular complexity index is 1280. The summed E-state index contributed by atoms with van der Waals surface area (Å²) < 4.78 is 5.42. The van der Waals surface area contributed by atoms with E-state index in [0.717, 1.165) is 22.3 Å². The lowest BCUT2D eigenvalue weighted by Gasteiger charge is -2.14. The summed E-state index contributed by atoms with van der Waals surface area (Å²) in [6.07, 6.45) is -0.236. The zero-order valence-corrected chi connectivity index (χ0v) is 18.9. The van der Waals surface area contributed by atoms with Crippen LogP contribution in [0.5, 0.6) is 0 Å². The first-order chi connectivity index (χ1) is 17.0. The van der Waals surface area contributed by atoms with Gasteiger partial charge in [0.05, 0.1) is 12.1 Å². The van der Waals surface area contributed by atoms with Crippen molar-refractivity contribution in [3.63, 3.8) is 0 Å². The van der Waals surface area contributed by atoms with Gasteiger partial charge >= 0.3 is 12.1 Å². The Kier molecular flexibility index (Phi) is 7.44. The average molecular weight is 469 g/mol. The number of rotatable bonds is 7. The van der Waals surface area contributed by atoms with Gasteiger partial charge in [0.15, 0.2) is 0 Å². The van der Waals surface area contributed by atoms with Crippen molar-refractivity contribution in [1.29, 1.82) is 0 Å². The second-order valence-electron chi connectivity index (χ2n) is 7.95. The molecule has 3 aromatic rings. The van der Waals surface area contributed by atoms with Crippen molar-refractivity contribution in [1.82, 2.24) is 10.6 Å². The van der Waals surface area contributed by atoms with Crippen LogP contribution in [0.2, 0.25) is 0 Å². The summed E-state index contributed by atoms with van der Waals surface area (Å²) in [5.74, 6) is 3.44. The molecule has 0 aromatic heterocycles. The summed E-state index contributed by atoms with van der Waals surface area (Å²) in [6, 6.07) is 22.8. The molecule has 1 aliphatic carbocycles. The van der Waals surface area contributed by atoms with E-state index in [1.807, 2.05) is 36.4 Å². The van der Waals surface area contributed by atoms with Crippen LogP contribution in [0.4, 0.5) is 4.79 Å². The largest absolute Gasteiger partial charge is 0.478 e. The van der Waals surface area contributed by atoms with Gasteiger partial charge in [-0.2, -0.15) is 0 Å². The number of alkyl carbamates (subject to hydrolysis) is 1. The third-order valence-electron chi connectivity index (χ3n) is 5.79. The molecule has 4 rings (SSSR count). The van der Waals surface area contributed by atoms with Gasteiger partial charge in [-0.25, -0.2) is 9.59 Å². The maximum atomic E-state index is 12.1. The highest BCUT2D eigenvalue weighted by Gasteiger charge is 2.28. The molecule has 0 aliphatic heterocycles. The molecule has 0 spiro atoms. The Morgan fingerprint density at radius 1 is 0.857 bits per heavy atom. The first-order valence-corrected chi connectivity index (χ1v) is 11.2. The van der Waals surface area contributed by atoms with E-state index in [9.17, 15) is 19.5 Å².